The summed E-state index contributed by atoms with van der Waals surface area (Å²) >= 11 is 0. The standard InChI is InChI=1S/C16H20N8O/c25-15(13-5-2-1-4-12(13)14-19-21-22-20-14)23-8-10-24(11-9-23)16-17-6-3-7-18-16/h1-7,14,19-22H,8-11H2. The molecular weight excluding hydrogens is 320 g/mol. The molecule has 9 heteroatoms. The average molecular weight is 340 g/mol. The fourth-order valence-electron chi connectivity index (χ4n) is 3.09. The first-order chi connectivity index (χ1) is 12.3. The summed E-state index contributed by atoms with van der Waals surface area (Å²) in [6, 6.07) is 9.43. The van der Waals surface area contributed by atoms with Gasteiger partial charge in [-0.3, -0.25) is 4.79 Å². The molecule has 0 radical (unpaired) electrons. The van der Waals surface area contributed by atoms with E-state index < -0.39 is 0 Å². The number of hydrogen-bond donors (Lipinski definition) is 4. The Morgan fingerprint density at radius 1 is 0.960 bits per heavy atom. The number of aromatic nitrogens is 2. The molecule has 0 bridgehead atoms. The third kappa shape index (κ3) is 3.30. The molecule has 9 nitrogen and oxygen atoms in total. The molecule has 4 rings (SSSR count). The molecule has 4 N–H and O–H groups in total. The fraction of sp³-hybridized carbons (Fsp3) is 0.312. The molecule has 1 aromatic heterocycles. The zero-order valence-corrected chi connectivity index (χ0v) is 13.6. The van der Waals surface area contributed by atoms with E-state index in [1.54, 1.807) is 18.5 Å². The van der Waals surface area contributed by atoms with Gasteiger partial charge in [0.05, 0.1) is 0 Å². The number of nitrogens with one attached hydrogen (secondary N) is 4. The minimum Gasteiger partial charge on any atom is -0.337 e. The minimum atomic E-state index is -0.167. The van der Waals surface area contributed by atoms with Crippen LogP contribution in [0.25, 0.3) is 0 Å². The van der Waals surface area contributed by atoms with E-state index in [-0.39, 0.29) is 12.1 Å². The van der Waals surface area contributed by atoms with Crippen LogP contribution < -0.4 is 26.8 Å². The van der Waals surface area contributed by atoms with E-state index in [4.69, 9.17) is 0 Å². The molecule has 2 saturated heterocycles. The molecule has 0 atom stereocenters. The highest BCUT2D eigenvalue weighted by Crippen LogP contribution is 2.19. The van der Waals surface area contributed by atoms with Crippen LogP contribution in [0.15, 0.2) is 42.7 Å². The van der Waals surface area contributed by atoms with Crippen molar-refractivity contribution in [1.29, 1.82) is 0 Å². The van der Waals surface area contributed by atoms with E-state index in [2.05, 4.69) is 36.8 Å². The Labute approximate surface area is 145 Å². The summed E-state index contributed by atoms with van der Waals surface area (Å²) in [7, 11) is 0. The summed E-state index contributed by atoms with van der Waals surface area (Å²) in [6.07, 6.45) is 3.30. The maximum absolute atomic E-state index is 13.0. The van der Waals surface area contributed by atoms with Crippen LogP contribution in [0, 0.1) is 0 Å². The second kappa shape index (κ2) is 7.11. The topological polar surface area (TPSA) is 97.4 Å². The van der Waals surface area contributed by atoms with Crippen molar-refractivity contribution < 1.29 is 4.79 Å². The summed E-state index contributed by atoms with van der Waals surface area (Å²) in [4.78, 5) is 25.5. The summed E-state index contributed by atoms with van der Waals surface area (Å²) in [5.74, 6) is 0.756. The van der Waals surface area contributed by atoms with Gasteiger partial charge in [-0.15, -0.1) is 0 Å². The van der Waals surface area contributed by atoms with Gasteiger partial charge < -0.3 is 9.80 Å². The van der Waals surface area contributed by atoms with Gasteiger partial charge in [0.15, 0.2) is 0 Å². The van der Waals surface area contributed by atoms with E-state index in [9.17, 15) is 4.79 Å². The summed E-state index contributed by atoms with van der Waals surface area (Å²) in [5.41, 5.74) is 13.2. The number of nitrogens with zero attached hydrogens (tertiary/aromatic N) is 4. The van der Waals surface area contributed by atoms with Crippen molar-refractivity contribution in [2.45, 2.75) is 6.17 Å². The van der Waals surface area contributed by atoms with Crippen LogP contribution in [-0.2, 0) is 0 Å². The maximum Gasteiger partial charge on any atom is 0.254 e. The van der Waals surface area contributed by atoms with E-state index in [0.29, 0.717) is 24.6 Å². The molecule has 0 saturated carbocycles. The molecule has 2 fully saturated rings. The van der Waals surface area contributed by atoms with Gasteiger partial charge in [0, 0.05) is 44.1 Å². The lowest BCUT2D eigenvalue weighted by Gasteiger charge is -2.35. The highest BCUT2D eigenvalue weighted by molar-refractivity contribution is 5.96. The van der Waals surface area contributed by atoms with Crippen LogP contribution >= 0.6 is 0 Å². The molecule has 0 spiro atoms. The predicted molar refractivity (Wildman–Crippen MR) is 91.9 cm³/mol. The number of amides is 1. The van der Waals surface area contributed by atoms with Crippen molar-refractivity contribution in [3.8, 4) is 0 Å². The number of hydrazine groups is 3. The predicted octanol–water partition coefficient (Wildman–Crippen LogP) is -0.445. The third-order valence-electron chi connectivity index (χ3n) is 4.40. The van der Waals surface area contributed by atoms with Crippen LogP contribution in [0.5, 0.6) is 0 Å². The van der Waals surface area contributed by atoms with Gasteiger partial charge in [-0.2, -0.15) is 11.1 Å². The lowest BCUT2D eigenvalue weighted by Crippen LogP contribution is -2.49. The molecule has 0 aliphatic carbocycles. The SMILES string of the molecule is O=C(c1ccccc1C1NNNN1)N1CCN(c2ncccn2)CC1. The molecule has 0 unspecified atom stereocenters. The smallest absolute Gasteiger partial charge is 0.254 e. The molecule has 3 heterocycles. The second-order valence-electron chi connectivity index (χ2n) is 5.89. The molecular formula is C16H20N8O. The quantitative estimate of drug-likeness (QED) is 0.597. The zero-order chi connectivity index (χ0) is 17.1. The number of piperazine rings is 1. The van der Waals surface area contributed by atoms with Gasteiger partial charge >= 0.3 is 0 Å². The van der Waals surface area contributed by atoms with Gasteiger partial charge in [0.25, 0.3) is 5.91 Å². The molecule has 2 aliphatic heterocycles. The highest BCUT2D eigenvalue weighted by Gasteiger charge is 2.27. The van der Waals surface area contributed by atoms with Crippen LogP contribution in [0.4, 0.5) is 5.95 Å². The molecule has 130 valence electrons. The second-order valence-corrected chi connectivity index (χ2v) is 5.89. The molecule has 1 amide bonds. The summed E-state index contributed by atoms with van der Waals surface area (Å²) < 4.78 is 0. The molecule has 25 heavy (non-hydrogen) atoms. The molecule has 2 aliphatic rings. The Morgan fingerprint density at radius 3 is 2.36 bits per heavy atom. The first-order valence-electron chi connectivity index (χ1n) is 8.24. The minimum absolute atomic E-state index is 0.0414. The van der Waals surface area contributed by atoms with E-state index in [0.717, 1.165) is 18.7 Å². The van der Waals surface area contributed by atoms with Gasteiger partial charge in [0.1, 0.15) is 6.17 Å². The van der Waals surface area contributed by atoms with Gasteiger partial charge in [-0.05, 0) is 17.7 Å². The Balaban J connectivity index is 1.46. The highest BCUT2D eigenvalue weighted by atomic mass is 16.2. The molecule has 2 aromatic rings. The Kier molecular flexibility index (Phi) is 4.53. The zero-order valence-electron chi connectivity index (χ0n) is 13.6. The Morgan fingerprint density at radius 2 is 1.64 bits per heavy atom. The van der Waals surface area contributed by atoms with Gasteiger partial charge in [-0.25, -0.2) is 20.8 Å². The lowest BCUT2D eigenvalue weighted by molar-refractivity contribution is 0.0744. The maximum atomic E-state index is 13.0. The number of hydrogen-bond acceptors (Lipinski definition) is 8. The van der Waals surface area contributed by atoms with Crippen LogP contribution in [-0.4, -0.2) is 47.0 Å². The number of carbonyl (C=O) groups is 1. The first-order valence-corrected chi connectivity index (χ1v) is 8.24. The van der Waals surface area contributed by atoms with E-state index in [1.807, 2.05) is 29.2 Å². The van der Waals surface area contributed by atoms with Crippen molar-refractivity contribution in [1.82, 2.24) is 36.8 Å². The molecule has 1 aromatic carbocycles. The van der Waals surface area contributed by atoms with Crippen LogP contribution in [0.1, 0.15) is 22.1 Å². The lowest BCUT2D eigenvalue weighted by atomic mass is 10.0. The van der Waals surface area contributed by atoms with Crippen LogP contribution in [0.3, 0.4) is 0 Å². The van der Waals surface area contributed by atoms with Crippen molar-refractivity contribution >= 4 is 11.9 Å². The van der Waals surface area contributed by atoms with Gasteiger partial charge in [-0.1, -0.05) is 18.2 Å². The Hall–Kier alpha value is -2.59. The summed E-state index contributed by atoms with van der Waals surface area (Å²) in [5, 5.41) is 0. The van der Waals surface area contributed by atoms with Crippen molar-refractivity contribution in [2.75, 3.05) is 31.1 Å². The third-order valence-corrected chi connectivity index (χ3v) is 4.40. The number of anilines is 1. The van der Waals surface area contributed by atoms with Gasteiger partial charge in [0.2, 0.25) is 5.95 Å². The van der Waals surface area contributed by atoms with Crippen molar-refractivity contribution in [3.63, 3.8) is 0 Å². The first kappa shape index (κ1) is 15.9. The fourth-order valence-corrected chi connectivity index (χ4v) is 3.09. The summed E-state index contributed by atoms with van der Waals surface area (Å²) in [6.45, 7) is 2.74. The van der Waals surface area contributed by atoms with Crippen LogP contribution in [0.2, 0.25) is 0 Å². The average Bonchev–Trinajstić information content (AvgIpc) is 3.23. The number of benzene rings is 1. The Bertz CT molecular complexity index is 726. The van der Waals surface area contributed by atoms with Crippen molar-refractivity contribution in [3.05, 3.63) is 53.9 Å². The van der Waals surface area contributed by atoms with Crippen molar-refractivity contribution in [2.24, 2.45) is 0 Å². The van der Waals surface area contributed by atoms with E-state index >= 15 is 0 Å². The number of carbonyl (C=O) groups excluding carboxylic acids is 1. The largest absolute Gasteiger partial charge is 0.337 e. The normalized spacial score (nSPS) is 18.6. The van der Waals surface area contributed by atoms with E-state index in [1.165, 1.54) is 0 Å². The monoisotopic (exact) mass is 340 g/mol. The number of rotatable bonds is 3.